The minimum atomic E-state index is -2.96. The third-order valence-corrected chi connectivity index (χ3v) is 1.78. The lowest BCUT2D eigenvalue weighted by molar-refractivity contribution is -0.138. The van der Waals surface area contributed by atoms with Gasteiger partial charge in [-0.1, -0.05) is 11.6 Å². The first kappa shape index (κ1) is 6.88. The molecule has 5 nitrogen and oxygen atoms in total. The lowest BCUT2D eigenvalue weighted by Crippen LogP contribution is -2.32. The molecule has 0 saturated heterocycles. The Hall–Kier alpha value is -1.59. The van der Waals surface area contributed by atoms with Gasteiger partial charge in [0, 0.05) is 24.0 Å². The monoisotopic (exact) mass is 247 g/mol. The summed E-state index contributed by atoms with van der Waals surface area (Å²) in [7, 11) is 0. The second-order valence-corrected chi connectivity index (χ2v) is 3.12. The highest BCUT2D eigenvalue weighted by atomic mass is 35.5. The van der Waals surface area contributed by atoms with Crippen molar-refractivity contribution in [3.05, 3.63) is 28.7 Å². The maximum absolute atomic E-state index is 12.1. The van der Waals surface area contributed by atoms with Crippen molar-refractivity contribution in [2.45, 2.75) is 12.4 Å². The number of carboxylic acid groups (broad SMARTS) is 1. The molecule has 0 amide bonds. The molecule has 0 radical (unpaired) electrons. The second kappa shape index (κ2) is 4.96. The number of aliphatic carboxylic acids is 1. The molecule has 0 bridgehead atoms. The molecule has 1 aromatic rings. The zero-order valence-electron chi connectivity index (χ0n) is 12.9. The number of nitrogen functional groups attached to an aromatic ring is 1. The van der Waals surface area contributed by atoms with Gasteiger partial charge in [0.15, 0.2) is 5.78 Å². The van der Waals surface area contributed by atoms with Gasteiger partial charge in [-0.3, -0.25) is 9.59 Å². The van der Waals surface area contributed by atoms with Gasteiger partial charge in [-0.05, 0) is 18.1 Å². The van der Waals surface area contributed by atoms with Gasteiger partial charge < -0.3 is 16.6 Å². The number of carbonyl (C=O) groups is 2. The minimum Gasteiger partial charge on any atom is -0.480 e. The normalized spacial score (nSPS) is 20.5. The molecular weight excluding hydrogens is 232 g/mol. The molecule has 86 valence electrons. The van der Waals surface area contributed by atoms with Crippen molar-refractivity contribution in [2.75, 3.05) is 5.73 Å². The maximum atomic E-state index is 12.1. The molecule has 6 heteroatoms. The van der Waals surface area contributed by atoms with Crippen LogP contribution in [0.1, 0.15) is 23.6 Å². The van der Waals surface area contributed by atoms with Gasteiger partial charge in [-0.15, -0.1) is 0 Å². The van der Waals surface area contributed by atoms with Crippen LogP contribution in [-0.4, -0.2) is 22.9 Å². The average Bonchev–Trinajstić information content (AvgIpc) is 2.41. The first-order valence-corrected chi connectivity index (χ1v) is 4.35. The van der Waals surface area contributed by atoms with Crippen molar-refractivity contribution in [1.29, 1.82) is 0 Å². The van der Waals surface area contributed by atoms with Crippen LogP contribution in [0.5, 0.6) is 0 Å². The van der Waals surface area contributed by atoms with E-state index in [-0.39, 0.29) is 0 Å². The summed E-state index contributed by atoms with van der Waals surface area (Å²) >= 11 is 5.60. The van der Waals surface area contributed by atoms with E-state index in [2.05, 4.69) is 0 Å². The maximum Gasteiger partial charge on any atom is 0.320 e. The smallest absolute Gasteiger partial charge is 0.320 e. The summed E-state index contributed by atoms with van der Waals surface area (Å²) < 4.78 is 37.4. The first-order valence-electron chi connectivity index (χ1n) is 6.55. The van der Waals surface area contributed by atoms with Crippen LogP contribution in [0.2, 0.25) is 5.02 Å². The minimum absolute atomic E-state index is 0.446. The molecule has 0 unspecified atom stereocenters. The number of Topliss-reactive ketones (excluding diaryl/α,β-unsaturated/α-hetero) is 1. The van der Waals surface area contributed by atoms with Crippen LogP contribution in [0.3, 0.4) is 0 Å². The fourth-order valence-electron chi connectivity index (χ4n) is 0.866. The summed E-state index contributed by atoms with van der Waals surface area (Å²) in [6, 6.07) is -4.96. The molecule has 1 rings (SSSR count). The molecule has 0 aliphatic heterocycles. The first-order chi connectivity index (χ1) is 9.44. The van der Waals surface area contributed by atoms with Crippen molar-refractivity contribution in [3.63, 3.8) is 0 Å². The van der Waals surface area contributed by atoms with Gasteiger partial charge in [0.2, 0.25) is 0 Å². The van der Waals surface area contributed by atoms with Gasteiger partial charge in [0.1, 0.15) is 6.02 Å². The van der Waals surface area contributed by atoms with E-state index in [1.165, 1.54) is 0 Å². The average molecular weight is 248 g/mol. The van der Waals surface area contributed by atoms with E-state index in [0.717, 1.165) is 0 Å². The number of carboxylic acids is 1. The van der Waals surface area contributed by atoms with Crippen molar-refractivity contribution in [3.8, 4) is 0 Å². The highest BCUT2D eigenvalue weighted by molar-refractivity contribution is 6.31. The number of rotatable bonds is 4. The van der Waals surface area contributed by atoms with Crippen molar-refractivity contribution < 1.29 is 21.5 Å². The fourth-order valence-corrected chi connectivity index (χ4v) is 1.02. The third kappa shape index (κ3) is 2.95. The van der Waals surface area contributed by atoms with Crippen LogP contribution in [0.4, 0.5) is 5.69 Å². The van der Waals surface area contributed by atoms with Gasteiger partial charge in [-0.25, -0.2) is 0 Å². The summed E-state index contributed by atoms with van der Waals surface area (Å²) in [5.41, 5.74) is 9.29. The standard InChI is InChI=1S/C10H11ClN2O3/c11-5-1-2-6(7(12)3-5)9(14)4-8(13)10(15)16/h1-3,8H,4,12-13H2,(H,15,16)/t8-/m1/s1/i1D,2D,3D,4D,8D/t4-,8-. The molecular formula is C10H11ClN2O3. The molecule has 0 spiro atoms. The van der Waals surface area contributed by atoms with Crippen molar-refractivity contribution in [2.24, 2.45) is 5.73 Å². The van der Waals surface area contributed by atoms with E-state index in [4.69, 9.17) is 35.0 Å². The molecule has 0 fully saturated rings. The van der Waals surface area contributed by atoms with Crippen LogP contribution in [0.25, 0.3) is 0 Å². The number of hydrogen-bond donors (Lipinski definition) is 3. The van der Waals surface area contributed by atoms with Crippen molar-refractivity contribution >= 4 is 29.0 Å². The van der Waals surface area contributed by atoms with Gasteiger partial charge in [-0.2, -0.15) is 0 Å². The second-order valence-electron chi connectivity index (χ2n) is 2.75. The van der Waals surface area contributed by atoms with Crippen LogP contribution < -0.4 is 11.5 Å². The van der Waals surface area contributed by atoms with E-state index in [9.17, 15) is 9.59 Å². The van der Waals surface area contributed by atoms with E-state index in [1.54, 1.807) is 0 Å². The molecule has 1 aromatic carbocycles. The van der Waals surface area contributed by atoms with Crippen LogP contribution in [0.15, 0.2) is 18.1 Å². The van der Waals surface area contributed by atoms with Crippen LogP contribution >= 0.6 is 11.6 Å². The zero-order chi connectivity index (χ0) is 16.7. The lowest BCUT2D eigenvalue weighted by Gasteiger charge is -2.07. The number of benzene rings is 1. The summed E-state index contributed by atoms with van der Waals surface area (Å²) in [6.07, 6.45) is -2.29. The Morgan fingerprint density at radius 1 is 1.69 bits per heavy atom. The summed E-state index contributed by atoms with van der Waals surface area (Å²) in [4.78, 5) is 22.9. The van der Waals surface area contributed by atoms with E-state index >= 15 is 0 Å². The van der Waals surface area contributed by atoms with Crippen molar-refractivity contribution in [1.82, 2.24) is 0 Å². The Morgan fingerprint density at radius 2 is 2.31 bits per heavy atom. The largest absolute Gasteiger partial charge is 0.480 e. The molecule has 0 aliphatic carbocycles. The Labute approximate surface area is 104 Å². The zero-order valence-corrected chi connectivity index (χ0v) is 8.63. The Kier molecular flexibility index (Phi) is 2.13. The molecule has 5 N–H and O–H groups in total. The number of halogens is 1. The van der Waals surface area contributed by atoms with Gasteiger partial charge in [0.25, 0.3) is 0 Å². The highest BCUT2D eigenvalue weighted by Gasteiger charge is 2.18. The van der Waals surface area contributed by atoms with E-state index in [1.807, 2.05) is 0 Å². The van der Waals surface area contributed by atoms with E-state index in [0.29, 0.717) is 0 Å². The fraction of sp³-hybridized carbons (Fsp3) is 0.200. The number of anilines is 1. The number of ketones is 1. The molecule has 0 aliphatic rings. The molecule has 2 atom stereocenters. The number of carbonyl (C=O) groups excluding carboxylic acids is 1. The molecule has 16 heavy (non-hydrogen) atoms. The van der Waals surface area contributed by atoms with Gasteiger partial charge in [0.05, 0.1) is 5.48 Å². The predicted octanol–water partition coefficient (Wildman–Crippen LogP) is 0.907. The Balaban J connectivity index is 3.49. The molecule has 0 aromatic heterocycles. The number of hydrogen-bond acceptors (Lipinski definition) is 4. The number of nitrogens with two attached hydrogens (primary N) is 2. The third-order valence-electron chi connectivity index (χ3n) is 1.59. The SMILES string of the molecule is [2H]c1c([2H])c(C(=O)[C@H]([2H])[C@@]([2H])(N)C(=O)O)c(N)c([2H])c1Cl. The van der Waals surface area contributed by atoms with Crippen LogP contribution in [0, 0.1) is 0 Å². The Morgan fingerprint density at radius 3 is 2.88 bits per heavy atom. The molecule has 0 saturated carbocycles. The predicted molar refractivity (Wildman–Crippen MR) is 60.4 cm³/mol. The van der Waals surface area contributed by atoms with Gasteiger partial charge >= 0.3 is 5.97 Å². The summed E-state index contributed by atoms with van der Waals surface area (Å²) in [5, 5.41) is 8.30. The Bertz CT molecular complexity index is 609. The topological polar surface area (TPSA) is 106 Å². The highest BCUT2D eigenvalue weighted by Crippen LogP contribution is 2.19. The lowest BCUT2D eigenvalue weighted by atomic mass is 10.0. The van der Waals surface area contributed by atoms with E-state index < -0.39 is 58.6 Å². The summed E-state index contributed by atoms with van der Waals surface area (Å²) in [5.74, 6) is -3.25. The molecule has 0 heterocycles. The summed E-state index contributed by atoms with van der Waals surface area (Å²) in [6.45, 7) is 0. The quantitative estimate of drug-likeness (QED) is 0.542. The van der Waals surface area contributed by atoms with Crippen LogP contribution in [-0.2, 0) is 4.79 Å².